The predicted molar refractivity (Wildman–Crippen MR) is 114 cm³/mol. The molecule has 1 aliphatic carbocycles. The van der Waals surface area contributed by atoms with E-state index >= 15 is 0 Å². The van der Waals surface area contributed by atoms with Crippen molar-refractivity contribution in [3.63, 3.8) is 0 Å². The number of ether oxygens (including phenoxy) is 1. The molecule has 2 atom stereocenters. The molecule has 150 valence electrons. The molecular weight excluding hydrogens is 564 g/mol. The minimum Gasteiger partial charge on any atom is -0.507 e. The van der Waals surface area contributed by atoms with Crippen molar-refractivity contribution in [1.82, 2.24) is 5.32 Å². The Morgan fingerprint density at radius 1 is 1.43 bits per heavy atom. The van der Waals surface area contributed by atoms with Gasteiger partial charge in [0.15, 0.2) is 5.60 Å². The number of carbonyl (C=O) groups is 1. The van der Waals surface area contributed by atoms with Gasteiger partial charge in [-0.2, -0.15) is 0 Å². The number of oxime groups is 1. The van der Waals surface area contributed by atoms with Gasteiger partial charge in [-0.05, 0) is 78.0 Å². The van der Waals surface area contributed by atoms with Crippen LogP contribution in [0.15, 0.2) is 48.6 Å². The van der Waals surface area contributed by atoms with Gasteiger partial charge in [-0.1, -0.05) is 11.2 Å². The Balaban J connectivity index is 1.60. The second-order valence-corrected chi connectivity index (χ2v) is 8.89. The lowest BCUT2D eigenvalue weighted by atomic mass is 9.87. The van der Waals surface area contributed by atoms with E-state index in [2.05, 4.69) is 58.3 Å². The second-order valence-electron chi connectivity index (χ2n) is 6.33. The third-order valence-corrected chi connectivity index (χ3v) is 6.47. The standard InChI is InChI=1S/C18H17Br3N2O5/c1-27-15-11(20)7-18(16(25)14(15)21)8-12(23-28-18)17(26)22-5-4-9-2-3-13(24)10(19)6-9/h2-3,6-7,16,24-25H,4-5,8H2,1H3,(H,22,26)/t16-,18+/m1/s1. The van der Waals surface area contributed by atoms with Crippen LogP contribution in [0, 0.1) is 0 Å². The lowest BCUT2D eigenvalue weighted by Gasteiger charge is -2.33. The van der Waals surface area contributed by atoms with Crippen LogP contribution < -0.4 is 5.32 Å². The summed E-state index contributed by atoms with van der Waals surface area (Å²) in [5.41, 5.74) is -0.0146. The largest absolute Gasteiger partial charge is 0.507 e. The number of phenolic OH excluding ortho intramolecular Hbond substituents is 1. The number of hydrogen-bond acceptors (Lipinski definition) is 6. The molecule has 1 aromatic carbocycles. The highest BCUT2D eigenvalue weighted by Gasteiger charge is 2.50. The molecule has 3 N–H and O–H groups in total. The fraction of sp³-hybridized carbons (Fsp3) is 0.333. The first-order valence-corrected chi connectivity index (χ1v) is 10.7. The van der Waals surface area contributed by atoms with Gasteiger partial charge >= 0.3 is 0 Å². The number of aliphatic hydroxyl groups is 1. The van der Waals surface area contributed by atoms with Crippen molar-refractivity contribution in [2.45, 2.75) is 24.5 Å². The molecule has 3 rings (SSSR count). The minimum absolute atomic E-state index is 0.117. The number of aromatic hydroxyl groups is 1. The van der Waals surface area contributed by atoms with Gasteiger partial charge in [-0.25, -0.2) is 0 Å². The molecule has 0 aromatic heterocycles. The summed E-state index contributed by atoms with van der Waals surface area (Å²) in [6.45, 7) is 0.390. The van der Waals surface area contributed by atoms with Crippen molar-refractivity contribution in [2.75, 3.05) is 13.7 Å². The quantitative estimate of drug-likeness (QED) is 0.497. The van der Waals surface area contributed by atoms with Gasteiger partial charge in [0.1, 0.15) is 23.3 Å². The van der Waals surface area contributed by atoms with E-state index in [1.54, 1.807) is 24.3 Å². The number of rotatable bonds is 5. The molecular formula is C18H17Br3N2O5. The number of nitrogens with one attached hydrogen (secondary N) is 1. The average Bonchev–Trinajstić information content (AvgIpc) is 3.08. The van der Waals surface area contributed by atoms with Crippen LogP contribution in [0.2, 0.25) is 0 Å². The topological polar surface area (TPSA) is 100 Å². The molecule has 0 saturated heterocycles. The molecule has 1 aliphatic heterocycles. The van der Waals surface area contributed by atoms with Crippen LogP contribution in [0.4, 0.5) is 0 Å². The first kappa shape index (κ1) is 21.4. The van der Waals surface area contributed by atoms with E-state index in [1.807, 2.05) is 0 Å². The van der Waals surface area contributed by atoms with Gasteiger partial charge < -0.3 is 25.1 Å². The van der Waals surface area contributed by atoms with E-state index in [0.717, 1.165) is 5.56 Å². The molecule has 0 saturated carbocycles. The summed E-state index contributed by atoms with van der Waals surface area (Å²) in [6, 6.07) is 5.17. The molecule has 0 bridgehead atoms. The predicted octanol–water partition coefficient (Wildman–Crippen LogP) is 3.23. The molecule has 0 radical (unpaired) electrons. The zero-order chi connectivity index (χ0) is 20.5. The Morgan fingerprint density at radius 2 is 2.18 bits per heavy atom. The number of carbonyl (C=O) groups excluding carboxylic acids is 1. The van der Waals surface area contributed by atoms with Crippen LogP contribution in [0.1, 0.15) is 12.0 Å². The number of hydrogen-bond donors (Lipinski definition) is 3. The smallest absolute Gasteiger partial charge is 0.269 e. The van der Waals surface area contributed by atoms with Crippen LogP contribution >= 0.6 is 47.8 Å². The first-order valence-electron chi connectivity index (χ1n) is 8.28. The minimum atomic E-state index is -1.17. The number of halogens is 3. The SMILES string of the molecule is COC1=C(Br)[C@@H](O)[C@]2(C=C1Br)CC(C(=O)NCCc1ccc(O)c(Br)c1)=NO2. The zero-order valence-electron chi connectivity index (χ0n) is 14.7. The summed E-state index contributed by atoms with van der Waals surface area (Å²) in [6.07, 6.45) is 1.29. The Hall–Kier alpha value is -1.36. The van der Waals surface area contributed by atoms with Crippen LogP contribution in [-0.4, -0.2) is 47.2 Å². The Kier molecular flexibility index (Phi) is 6.53. The molecule has 2 aliphatic rings. The fourth-order valence-corrected chi connectivity index (χ4v) is 5.17. The molecule has 1 heterocycles. The van der Waals surface area contributed by atoms with Crippen molar-refractivity contribution >= 4 is 59.4 Å². The number of benzene rings is 1. The molecule has 0 fully saturated rings. The second kappa shape index (κ2) is 8.56. The highest BCUT2D eigenvalue weighted by Crippen LogP contribution is 2.43. The molecule has 1 spiro atoms. The Labute approximate surface area is 186 Å². The molecule has 0 unspecified atom stereocenters. The van der Waals surface area contributed by atoms with Crippen LogP contribution in [-0.2, 0) is 20.8 Å². The lowest BCUT2D eigenvalue weighted by Crippen LogP contribution is -2.45. The number of allylic oxidation sites excluding steroid dienone is 1. The summed E-state index contributed by atoms with van der Waals surface area (Å²) >= 11 is 9.97. The molecule has 10 heteroatoms. The van der Waals surface area contributed by atoms with Crippen molar-refractivity contribution in [3.05, 3.63) is 49.0 Å². The van der Waals surface area contributed by atoms with Gasteiger partial charge in [0.2, 0.25) is 0 Å². The van der Waals surface area contributed by atoms with Gasteiger partial charge in [0.05, 0.1) is 20.5 Å². The molecule has 1 aromatic rings. The van der Waals surface area contributed by atoms with E-state index in [9.17, 15) is 15.0 Å². The first-order chi connectivity index (χ1) is 13.3. The number of amides is 1. The highest BCUT2D eigenvalue weighted by molar-refractivity contribution is 9.12. The maximum atomic E-state index is 12.4. The summed E-state index contributed by atoms with van der Waals surface area (Å²) in [5.74, 6) is 0.265. The molecule has 28 heavy (non-hydrogen) atoms. The zero-order valence-corrected chi connectivity index (χ0v) is 19.5. The third-order valence-electron chi connectivity index (χ3n) is 4.45. The van der Waals surface area contributed by atoms with Crippen molar-refractivity contribution < 1.29 is 24.6 Å². The molecule has 7 nitrogen and oxygen atoms in total. The summed E-state index contributed by atoms with van der Waals surface area (Å²) in [4.78, 5) is 17.9. The van der Waals surface area contributed by atoms with Crippen LogP contribution in [0.3, 0.4) is 0 Å². The maximum Gasteiger partial charge on any atom is 0.269 e. The number of phenols is 1. The summed E-state index contributed by atoms with van der Waals surface area (Å²) in [7, 11) is 1.49. The Morgan fingerprint density at radius 3 is 2.86 bits per heavy atom. The van der Waals surface area contributed by atoms with E-state index in [1.165, 1.54) is 7.11 Å². The van der Waals surface area contributed by atoms with Crippen LogP contribution in [0.25, 0.3) is 0 Å². The van der Waals surface area contributed by atoms with Gasteiger partial charge in [0.25, 0.3) is 5.91 Å². The summed E-state index contributed by atoms with van der Waals surface area (Å²) < 4.78 is 6.86. The number of nitrogens with zero attached hydrogens (tertiary/aromatic N) is 1. The third kappa shape index (κ3) is 4.14. The summed E-state index contributed by atoms with van der Waals surface area (Å²) in [5, 5.41) is 26.8. The number of aliphatic hydroxyl groups excluding tert-OH is 1. The van der Waals surface area contributed by atoms with E-state index in [4.69, 9.17) is 9.57 Å². The van der Waals surface area contributed by atoms with E-state index in [-0.39, 0.29) is 23.8 Å². The van der Waals surface area contributed by atoms with Gasteiger partial charge in [0, 0.05) is 13.0 Å². The van der Waals surface area contributed by atoms with Crippen molar-refractivity contribution in [2.24, 2.45) is 5.16 Å². The lowest BCUT2D eigenvalue weighted by molar-refractivity contribution is -0.114. The monoisotopic (exact) mass is 578 g/mol. The average molecular weight is 581 g/mol. The normalized spacial score (nSPS) is 24.0. The van der Waals surface area contributed by atoms with Crippen molar-refractivity contribution in [3.8, 4) is 5.75 Å². The van der Waals surface area contributed by atoms with Gasteiger partial charge in [-0.15, -0.1) is 0 Å². The maximum absolute atomic E-state index is 12.4. The van der Waals surface area contributed by atoms with E-state index < -0.39 is 11.7 Å². The van der Waals surface area contributed by atoms with E-state index in [0.29, 0.717) is 32.2 Å². The van der Waals surface area contributed by atoms with Crippen molar-refractivity contribution in [1.29, 1.82) is 0 Å². The molecule has 1 amide bonds. The number of methoxy groups -OCH3 is 1. The fourth-order valence-electron chi connectivity index (χ4n) is 2.95. The van der Waals surface area contributed by atoms with Gasteiger partial charge in [-0.3, -0.25) is 4.79 Å². The highest BCUT2D eigenvalue weighted by atomic mass is 79.9. The van der Waals surface area contributed by atoms with Crippen LogP contribution in [0.5, 0.6) is 5.75 Å². The Bertz CT molecular complexity index is 899.